The minimum Gasteiger partial charge on any atom is -0.396 e. The Bertz CT molecular complexity index is 207. The Balaban J connectivity index is 1.75. The van der Waals surface area contributed by atoms with Gasteiger partial charge < -0.3 is 5.11 Å². The number of rotatable bonds is 3. The molecule has 2 aliphatic rings. The quantitative estimate of drug-likeness (QED) is 0.721. The van der Waals surface area contributed by atoms with Crippen molar-refractivity contribution in [2.75, 3.05) is 6.61 Å². The van der Waals surface area contributed by atoms with Gasteiger partial charge in [-0.2, -0.15) is 0 Å². The van der Waals surface area contributed by atoms with Crippen molar-refractivity contribution in [1.82, 2.24) is 0 Å². The molecule has 16 heavy (non-hydrogen) atoms. The van der Waals surface area contributed by atoms with E-state index in [1.165, 1.54) is 51.4 Å². The van der Waals surface area contributed by atoms with E-state index in [-0.39, 0.29) is 0 Å². The second kappa shape index (κ2) is 5.86. The third-order valence-electron chi connectivity index (χ3n) is 4.97. The van der Waals surface area contributed by atoms with Crippen LogP contribution >= 0.6 is 0 Å². The van der Waals surface area contributed by atoms with E-state index >= 15 is 0 Å². The predicted octanol–water partition coefficient (Wildman–Crippen LogP) is 3.78. The van der Waals surface area contributed by atoms with Crippen molar-refractivity contribution >= 4 is 0 Å². The van der Waals surface area contributed by atoms with Crippen molar-refractivity contribution in [3.05, 3.63) is 12.7 Å². The van der Waals surface area contributed by atoms with Crippen LogP contribution in [0.2, 0.25) is 0 Å². The minimum atomic E-state index is 0.413. The molecule has 2 rings (SSSR count). The molecular formula is C15H26O. The van der Waals surface area contributed by atoms with Gasteiger partial charge in [-0.25, -0.2) is 0 Å². The SMILES string of the molecule is C=CC1CCC([C@H]2CC[C@H](CO)CC2)CC1. The smallest absolute Gasteiger partial charge is 0.0459 e. The summed E-state index contributed by atoms with van der Waals surface area (Å²) in [5.41, 5.74) is 0. The standard InChI is InChI=1S/C15H26O/c1-2-12-3-7-14(8-4-12)15-9-5-13(11-16)6-10-15/h2,12-16H,1,3-11H2/t12?,13-,14?,15-. The average molecular weight is 222 g/mol. The first-order valence-corrected chi connectivity index (χ1v) is 7.07. The number of aliphatic hydroxyl groups excluding tert-OH is 1. The van der Waals surface area contributed by atoms with Crippen LogP contribution in [0.25, 0.3) is 0 Å². The van der Waals surface area contributed by atoms with Crippen LogP contribution < -0.4 is 0 Å². The zero-order valence-corrected chi connectivity index (χ0v) is 10.4. The van der Waals surface area contributed by atoms with Gasteiger partial charge in [0.15, 0.2) is 0 Å². The van der Waals surface area contributed by atoms with E-state index in [1.807, 2.05) is 0 Å². The third kappa shape index (κ3) is 2.88. The molecular weight excluding hydrogens is 196 g/mol. The second-order valence-electron chi connectivity index (χ2n) is 5.87. The van der Waals surface area contributed by atoms with Crippen LogP contribution in [0, 0.1) is 23.7 Å². The van der Waals surface area contributed by atoms with Crippen molar-refractivity contribution < 1.29 is 5.11 Å². The fourth-order valence-electron chi connectivity index (χ4n) is 3.69. The van der Waals surface area contributed by atoms with Gasteiger partial charge in [0.1, 0.15) is 0 Å². The van der Waals surface area contributed by atoms with Crippen molar-refractivity contribution in [1.29, 1.82) is 0 Å². The van der Waals surface area contributed by atoms with Gasteiger partial charge in [-0.05, 0) is 75.0 Å². The van der Waals surface area contributed by atoms with E-state index in [2.05, 4.69) is 12.7 Å². The number of hydrogen-bond donors (Lipinski definition) is 1. The molecule has 1 heteroatoms. The Morgan fingerprint density at radius 2 is 1.38 bits per heavy atom. The van der Waals surface area contributed by atoms with Gasteiger partial charge in [0.2, 0.25) is 0 Å². The first-order valence-electron chi connectivity index (χ1n) is 7.07. The van der Waals surface area contributed by atoms with Crippen molar-refractivity contribution in [2.24, 2.45) is 23.7 Å². The molecule has 92 valence electrons. The maximum atomic E-state index is 9.14. The first kappa shape index (κ1) is 12.2. The Hall–Kier alpha value is -0.300. The van der Waals surface area contributed by atoms with Crippen molar-refractivity contribution in [2.45, 2.75) is 51.4 Å². The van der Waals surface area contributed by atoms with Crippen LogP contribution in [0.4, 0.5) is 0 Å². The number of allylic oxidation sites excluding steroid dienone is 1. The Morgan fingerprint density at radius 3 is 1.81 bits per heavy atom. The summed E-state index contributed by atoms with van der Waals surface area (Å²) in [5.74, 6) is 3.36. The van der Waals surface area contributed by atoms with Gasteiger partial charge in [0, 0.05) is 6.61 Å². The average Bonchev–Trinajstić information content (AvgIpc) is 2.39. The van der Waals surface area contributed by atoms with Crippen molar-refractivity contribution in [3.8, 4) is 0 Å². The summed E-state index contributed by atoms with van der Waals surface area (Å²) in [4.78, 5) is 0. The van der Waals surface area contributed by atoms with Gasteiger partial charge in [-0.1, -0.05) is 6.08 Å². The zero-order chi connectivity index (χ0) is 11.4. The summed E-state index contributed by atoms with van der Waals surface area (Å²) in [6.45, 7) is 4.33. The third-order valence-corrected chi connectivity index (χ3v) is 4.97. The summed E-state index contributed by atoms with van der Waals surface area (Å²) in [5, 5.41) is 9.14. The molecule has 0 heterocycles. The molecule has 0 unspecified atom stereocenters. The molecule has 0 aromatic heterocycles. The highest BCUT2D eigenvalue weighted by Crippen LogP contribution is 2.41. The van der Waals surface area contributed by atoms with Crippen LogP contribution in [0.1, 0.15) is 51.4 Å². The summed E-state index contributed by atoms with van der Waals surface area (Å²) < 4.78 is 0. The zero-order valence-electron chi connectivity index (χ0n) is 10.4. The van der Waals surface area contributed by atoms with Crippen LogP contribution in [-0.4, -0.2) is 11.7 Å². The monoisotopic (exact) mass is 222 g/mol. The van der Waals surface area contributed by atoms with Crippen LogP contribution in [-0.2, 0) is 0 Å². The lowest BCUT2D eigenvalue weighted by Gasteiger charge is -2.37. The highest BCUT2D eigenvalue weighted by Gasteiger charge is 2.29. The van der Waals surface area contributed by atoms with E-state index < -0.39 is 0 Å². The molecule has 0 spiro atoms. The molecule has 2 fully saturated rings. The fourth-order valence-corrected chi connectivity index (χ4v) is 3.69. The highest BCUT2D eigenvalue weighted by atomic mass is 16.3. The molecule has 1 nitrogen and oxygen atoms in total. The van der Waals surface area contributed by atoms with Gasteiger partial charge in [-0.3, -0.25) is 0 Å². The molecule has 0 radical (unpaired) electrons. The van der Waals surface area contributed by atoms with Gasteiger partial charge in [0.25, 0.3) is 0 Å². The van der Waals surface area contributed by atoms with E-state index in [0.717, 1.165) is 17.8 Å². The van der Waals surface area contributed by atoms with Crippen molar-refractivity contribution in [3.63, 3.8) is 0 Å². The van der Waals surface area contributed by atoms with Gasteiger partial charge >= 0.3 is 0 Å². The highest BCUT2D eigenvalue weighted by molar-refractivity contribution is 4.87. The van der Waals surface area contributed by atoms with E-state index in [4.69, 9.17) is 5.11 Å². The fraction of sp³-hybridized carbons (Fsp3) is 0.867. The second-order valence-corrected chi connectivity index (χ2v) is 5.87. The summed E-state index contributed by atoms with van der Waals surface area (Å²) in [6.07, 6.45) is 13.0. The molecule has 0 atom stereocenters. The van der Waals surface area contributed by atoms with Gasteiger partial charge in [0.05, 0.1) is 0 Å². The largest absolute Gasteiger partial charge is 0.396 e. The van der Waals surface area contributed by atoms with Crippen LogP contribution in [0.3, 0.4) is 0 Å². The molecule has 0 bridgehead atoms. The predicted molar refractivity (Wildman–Crippen MR) is 68.2 cm³/mol. The van der Waals surface area contributed by atoms with Crippen LogP contribution in [0.15, 0.2) is 12.7 Å². The molecule has 2 saturated carbocycles. The van der Waals surface area contributed by atoms with Gasteiger partial charge in [-0.15, -0.1) is 6.58 Å². The Labute approximate surface area is 99.9 Å². The van der Waals surface area contributed by atoms with E-state index in [9.17, 15) is 0 Å². The molecule has 0 aliphatic heterocycles. The first-order chi connectivity index (χ1) is 7.83. The van der Waals surface area contributed by atoms with E-state index in [0.29, 0.717) is 12.5 Å². The lowest BCUT2D eigenvalue weighted by Crippen LogP contribution is -2.26. The normalized spacial score (nSPS) is 40.6. The topological polar surface area (TPSA) is 20.2 Å². The lowest BCUT2D eigenvalue weighted by atomic mass is 9.69. The number of hydrogen-bond acceptors (Lipinski definition) is 1. The molecule has 0 amide bonds. The molecule has 1 N–H and O–H groups in total. The molecule has 0 aromatic carbocycles. The molecule has 0 aromatic rings. The maximum Gasteiger partial charge on any atom is 0.0459 e. The lowest BCUT2D eigenvalue weighted by molar-refractivity contribution is 0.122. The summed E-state index contributed by atoms with van der Waals surface area (Å²) in [6, 6.07) is 0. The molecule has 0 saturated heterocycles. The van der Waals surface area contributed by atoms with Crippen LogP contribution in [0.5, 0.6) is 0 Å². The number of aliphatic hydroxyl groups is 1. The Kier molecular flexibility index (Phi) is 4.45. The Morgan fingerprint density at radius 1 is 0.875 bits per heavy atom. The minimum absolute atomic E-state index is 0.413. The summed E-state index contributed by atoms with van der Waals surface area (Å²) in [7, 11) is 0. The molecule has 2 aliphatic carbocycles. The van der Waals surface area contributed by atoms with E-state index in [1.54, 1.807) is 0 Å². The maximum absolute atomic E-state index is 9.14. The summed E-state index contributed by atoms with van der Waals surface area (Å²) >= 11 is 0.